The number of halogens is 3. The molecular weight excluding hydrogens is 323 g/mol. The maximum Gasteiger partial charge on any atom is 0.534 e. The van der Waals surface area contributed by atoms with Crippen LogP contribution in [0.1, 0.15) is 39.0 Å². The number of amides is 1. The zero-order valence-electron chi connectivity index (χ0n) is 12.1. The highest BCUT2D eigenvalue weighted by Crippen LogP contribution is 2.32. The molecule has 1 heterocycles. The van der Waals surface area contributed by atoms with E-state index in [9.17, 15) is 26.4 Å². The number of carbonyl (C=O) groups excluding carboxylic acids is 1. The predicted molar refractivity (Wildman–Crippen MR) is 71.9 cm³/mol. The maximum absolute atomic E-state index is 12.3. The number of rotatable bonds is 3. The van der Waals surface area contributed by atoms with Crippen molar-refractivity contribution in [3.05, 3.63) is 11.8 Å². The standard InChI is InChI=1S/C13H18F3NO4S/c1-9-8-11(21-22(19,20)13(14,15)16)6-7-17(9)12(18)10-4-2-3-5-10/h6,9-10H,2-5,7-8H2,1H3. The van der Waals surface area contributed by atoms with Crippen LogP contribution < -0.4 is 0 Å². The van der Waals surface area contributed by atoms with E-state index in [1.165, 1.54) is 6.08 Å². The van der Waals surface area contributed by atoms with Gasteiger partial charge in [0.05, 0.1) is 0 Å². The summed E-state index contributed by atoms with van der Waals surface area (Å²) in [4.78, 5) is 13.9. The minimum absolute atomic E-state index is 0.0148. The van der Waals surface area contributed by atoms with Crippen molar-refractivity contribution in [1.29, 1.82) is 0 Å². The van der Waals surface area contributed by atoms with Crippen molar-refractivity contribution in [2.45, 2.75) is 50.6 Å². The topological polar surface area (TPSA) is 63.7 Å². The second kappa shape index (κ2) is 6.10. The van der Waals surface area contributed by atoms with Crippen molar-refractivity contribution in [3.8, 4) is 0 Å². The van der Waals surface area contributed by atoms with Gasteiger partial charge in [-0.05, 0) is 25.8 Å². The van der Waals surface area contributed by atoms with Crippen LogP contribution in [0.5, 0.6) is 0 Å². The SMILES string of the molecule is CC1CC(OS(=O)(=O)C(F)(F)F)=CCN1C(=O)C1CCCC1. The summed E-state index contributed by atoms with van der Waals surface area (Å²) in [6.07, 6.45) is 4.86. The minimum atomic E-state index is -5.65. The summed E-state index contributed by atoms with van der Waals surface area (Å²) < 4.78 is 63.0. The van der Waals surface area contributed by atoms with Crippen molar-refractivity contribution < 1.29 is 30.6 Å². The molecule has 0 spiro atoms. The summed E-state index contributed by atoms with van der Waals surface area (Å²) >= 11 is 0. The average molecular weight is 341 g/mol. The molecule has 0 aromatic carbocycles. The van der Waals surface area contributed by atoms with Crippen LogP contribution in [0.4, 0.5) is 13.2 Å². The van der Waals surface area contributed by atoms with Crippen LogP contribution in [0, 0.1) is 5.92 Å². The van der Waals surface area contributed by atoms with Gasteiger partial charge in [0.1, 0.15) is 5.76 Å². The molecule has 1 fully saturated rings. The van der Waals surface area contributed by atoms with Gasteiger partial charge in [-0.15, -0.1) is 0 Å². The van der Waals surface area contributed by atoms with Gasteiger partial charge in [-0.2, -0.15) is 21.6 Å². The number of hydrogen-bond donors (Lipinski definition) is 0. The second-order valence-corrected chi connectivity index (χ2v) is 7.22. The van der Waals surface area contributed by atoms with E-state index in [1.807, 2.05) is 0 Å². The molecule has 1 aliphatic carbocycles. The second-order valence-electron chi connectivity index (χ2n) is 5.68. The number of alkyl halides is 3. The zero-order chi connectivity index (χ0) is 16.5. The smallest absolute Gasteiger partial charge is 0.381 e. The third-order valence-corrected chi connectivity index (χ3v) is 5.03. The van der Waals surface area contributed by atoms with Crippen LogP contribution in [0.2, 0.25) is 0 Å². The van der Waals surface area contributed by atoms with E-state index in [4.69, 9.17) is 0 Å². The third kappa shape index (κ3) is 3.56. The average Bonchev–Trinajstić information content (AvgIpc) is 2.90. The van der Waals surface area contributed by atoms with Crippen molar-refractivity contribution in [2.24, 2.45) is 5.92 Å². The number of hydrogen-bond acceptors (Lipinski definition) is 4. The lowest BCUT2D eigenvalue weighted by molar-refractivity contribution is -0.137. The predicted octanol–water partition coefficient (Wildman–Crippen LogP) is 2.55. The van der Waals surface area contributed by atoms with Crippen LogP contribution in [-0.4, -0.2) is 37.3 Å². The van der Waals surface area contributed by atoms with Gasteiger partial charge in [0.2, 0.25) is 5.91 Å². The molecule has 5 nitrogen and oxygen atoms in total. The molecule has 0 saturated heterocycles. The third-order valence-electron chi connectivity index (χ3n) is 4.03. The van der Waals surface area contributed by atoms with E-state index in [-0.39, 0.29) is 30.5 Å². The first-order valence-corrected chi connectivity index (χ1v) is 8.53. The molecule has 1 aliphatic heterocycles. The lowest BCUT2D eigenvalue weighted by atomic mass is 10.0. The van der Waals surface area contributed by atoms with Crippen molar-refractivity contribution in [3.63, 3.8) is 0 Å². The first-order valence-electron chi connectivity index (χ1n) is 7.12. The summed E-state index contributed by atoms with van der Waals surface area (Å²) in [5, 5.41) is 0. The normalized spacial score (nSPS) is 24.3. The van der Waals surface area contributed by atoms with Crippen molar-refractivity contribution >= 4 is 16.0 Å². The Kier molecular flexibility index (Phi) is 4.74. The highest BCUT2D eigenvalue weighted by molar-refractivity contribution is 7.87. The first kappa shape index (κ1) is 17.1. The van der Waals surface area contributed by atoms with E-state index in [0.717, 1.165) is 25.7 Å². The molecule has 0 N–H and O–H groups in total. The summed E-state index contributed by atoms with van der Waals surface area (Å²) in [5.41, 5.74) is -5.45. The molecule has 2 rings (SSSR count). The molecule has 9 heteroatoms. The molecule has 1 atom stereocenters. The molecule has 126 valence electrons. The number of carbonyl (C=O) groups is 1. The molecule has 22 heavy (non-hydrogen) atoms. The summed E-state index contributed by atoms with van der Waals surface area (Å²) in [5.74, 6) is -0.309. The lowest BCUT2D eigenvalue weighted by Gasteiger charge is -2.34. The molecule has 1 saturated carbocycles. The lowest BCUT2D eigenvalue weighted by Crippen LogP contribution is -2.44. The van der Waals surface area contributed by atoms with Gasteiger partial charge in [-0.3, -0.25) is 4.79 Å². The molecule has 2 aliphatic rings. The molecule has 0 aromatic rings. The van der Waals surface area contributed by atoms with Crippen LogP contribution in [0.25, 0.3) is 0 Å². The van der Waals surface area contributed by atoms with Gasteiger partial charge in [0.15, 0.2) is 0 Å². The van der Waals surface area contributed by atoms with Gasteiger partial charge >= 0.3 is 15.6 Å². The van der Waals surface area contributed by atoms with Gasteiger partial charge in [-0.25, -0.2) is 0 Å². The van der Waals surface area contributed by atoms with E-state index in [1.54, 1.807) is 11.8 Å². The highest BCUT2D eigenvalue weighted by Gasteiger charge is 2.49. The van der Waals surface area contributed by atoms with Crippen LogP contribution in [-0.2, 0) is 19.1 Å². The quantitative estimate of drug-likeness (QED) is 0.585. The Bertz CT molecular complexity index is 564. The van der Waals surface area contributed by atoms with Gasteiger partial charge in [0.25, 0.3) is 0 Å². The van der Waals surface area contributed by atoms with Crippen LogP contribution in [0.15, 0.2) is 11.8 Å². The van der Waals surface area contributed by atoms with Gasteiger partial charge < -0.3 is 9.08 Å². The van der Waals surface area contributed by atoms with E-state index < -0.39 is 21.7 Å². The highest BCUT2D eigenvalue weighted by atomic mass is 32.2. The number of nitrogens with zero attached hydrogens (tertiary/aromatic N) is 1. The molecule has 0 radical (unpaired) electrons. The van der Waals surface area contributed by atoms with E-state index in [2.05, 4.69) is 4.18 Å². The summed E-state index contributed by atoms with van der Waals surface area (Å²) in [6, 6.07) is -0.392. The van der Waals surface area contributed by atoms with Crippen molar-refractivity contribution in [2.75, 3.05) is 6.54 Å². The fourth-order valence-corrected chi connectivity index (χ4v) is 3.35. The van der Waals surface area contributed by atoms with Gasteiger partial charge in [0, 0.05) is 24.9 Å². The molecular formula is C13H18F3NO4S. The Morgan fingerprint density at radius 3 is 2.41 bits per heavy atom. The Morgan fingerprint density at radius 2 is 1.91 bits per heavy atom. The minimum Gasteiger partial charge on any atom is -0.381 e. The monoisotopic (exact) mass is 341 g/mol. The molecule has 0 bridgehead atoms. The molecule has 1 amide bonds. The summed E-state index contributed by atoms with van der Waals surface area (Å²) in [7, 11) is -5.65. The Balaban J connectivity index is 2.03. The van der Waals surface area contributed by atoms with Crippen molar-refractivity contribution in [1.82, 2.24) is 4.90 Å². The maximum atomic E-state index is 12.3. The van der Waals surface area contributed by atoms with E-state index in [0.29, 0.717) is 0 Å². The van der Waals surface area contributed by atoms with E-state index >= 15 is 0 Å². The fourth-order valence-electron chi connectivity index (χ4n) is 2.84. The first-order chi connectivity index (χ1) is 10.1. The summed E-state index contributed by atoms with van der Waals surface area (Å²) in [6.45, 7) is 1.74. The van der Waals surface area contributed by atoms with Gasteiger partial charge in [-0.1, -0.05) is 12.8 Å². The fraction of sp³-hybridized carbons (Fsp3) is 0.769. The zero-order valence-corrected chi connectivity index (χ0v) is 12.9. The molecule has 0 aromatic heterocycles. The largest absolute Gasteiger partial charge is 0.534 e. The molecule has 1 unspecified atom stereocenters. The Labute approximate surface area is 127 Å². The van der Waals surface area contributed by atoms with Crippen LogP contribution in [0.3, 0.4) is 0 Å². The Hall–Kier alpha value is -1.25. The Morgan fingerprint density at radius 1 is 1.32 bits per heavy atom. The van der Waals surface area contributed by atoms with Crippen LogP contribution >= 0.6 is 0 Å².